The van der Waals surface area contributed by atoms with Crippen molar-refractivity contribution in [3.63, 3.8) is 0 Å². The van der Waals surface area contributed by atoms with Crippen LogP contribution in [0.1, 0.15) is 29.5 Å². The van der Waals surface area contributed by atoms with Crippen molar-refractivity contribution in [2.75, 3.05) is 0 Å². The summed E-state index contributed by atoms with van der Waals surface area (Å²) >= 11 is 0. The van der Waals surface area contributed by atoms with Gasteiger partial charge in [-0.05, 0) is 41.5 Å². The van der Waals surface area contributed by atoms with E-state index in [0.717, 1.165) is 12.0 Å². The van der Waals surface area contributed by atoms with E-state index in [1.807, 2.05) is 18.2 Å². The maximum absolute atomic E-state index is 9.79. The van der Waals surface area contributed by atoms with E-state index in [9.17, 15) is 5.11 Å². The van der Waals surface area contributed by atoms with E-state index >= 15 is 0 Å². The molecule has 98 valence electrons. The number of rotatable bonds is 5. The van der Waals surface area contributed by atoms with Crippen LogP contribution in [0.15, 0.2) is 61.2 Å². The van der Waals surface area contributed by atoms with Gasteiger partial charge in [0.05, 0.1) is 0 Å². The van der Waals surface area contributed by atoms with Crippen molar-refractivity contribution in [3.8, 4) is 5.75 Å². The molecule has 0 amide bonds. The fourth-order valence-corrected chi connectivity index (χ4v) is 2.32. The largest absolute Gasteiger partial charge is 0.508 e. The summed E-state index contributed by atoms with van der Waals surface area (Å²) in [7, 11) is 0. The Bertz CT molecular complexity index is 543. The van der Waals surface area contributed by atoms with Crippen molar-refractivity contribution in [3.05, 3.63) is 77.9 Å². The van der Waals surface area contributed by atoms with Crippen molar-refractivity contribution in [1.29, 1.82) is 0 Å². The standard InChI is InChI=1S/C18H20O/c1-3-7-17-13-16(10-11-18(17)19)14(2)12-15-8-5-4-6-9-15/h3-6,8-11,13-14,19H,1,7,12H2,2H3. The Morgan fingerprint density at radius 1 is 1.16 bits per heavy atom. The number of phenolic OH excluding ortho intramolecular Hbond substituents is 1. The van der Waals surface area contributed by atoms with E-state index in [1.165, 1.54) is 11.1 Å². The summed E-state index contributed by atoms with van der Waals surface area (Å²) in [6, 6.07) is 16.4. The van der Waals surface area contributed by atoms with Crippen molar-refractivity contribution in [1.82, 2.24) is 0 Å². The Balaban J connectivity index is 2.17. The Labute approximate surface area is 115 Å². The van der Waals surface area contributed by atoms with Crippen molar-refractivity contribution >= 4 is 0 Å². The van der Waals surface area contributed by atoms with E-state index < -0.39 is 0 Å². The monoisotopic (exact) mass is 252 g/mol. The first-order valence-corrected chi connectivity index (χ1v) is 6.67. The van der Waals surface area contributed by atoms with Gasteiger partial charge in [0.25, 0.3) is 0 Å². The molecule has 2 aromatic carbocycles. The second-order valence-electron chi connectivity index (χ2n) is 4.97. The van der Waals surface area contributed by atoms with Gasteiger partial charge >= 0.3 is 0 Å². The summed E-state index contributed by atoms with van der Waals surface area (Å²) in [5, 5.41) is 9.79. The van der Waals surface area contributed by atoms with Crippen LogP contribution in [0.3, 0.4) is 0 Å². The molecule has 0 saturated heterocycles. The molecule has 0 aromatic heterocycles. The van der Waals surface area contributed by atoms with Gasteiger partial charge in [0, 0.05) is 0 Å². The third-order valence-corrected chi connectivity index (χ3v) is 3.42. The predicted molar refractivity (Wildman–Crippen MR) is 80.6 cm³/mol. The summed E-state index contributed by atoms with van der Waals surface area (Å²) in [4.78, 5) is 0. The molecule has 1 nitrogen and oxygen atoms in total. The molecule has 1 atom stereocenters. The normalized spacial score (nSPS) is 12.1. The van der Waals surface area contributed by atoms with Gasteiger partial charge in [-0.3, -0.25) is 0 Å². The number of benzene rings is 2. The lowest BCUT2D eigenvalue weighted by atomic mass is 9.92. The number of hydrogen-bond acceptors (Lipinski definition) is 1. The van der Waals surface area contributed by atoms with Crippen molar-refractivity contribution in [2.45, 2.75) is 25.7 Å². The minimum atomic E-state index is 0.357. The third-order valence-electron chi connectivity index (χ3n) is 3.42. The number of phenols is 1. The molecule has 0 saturated carbocycles. The third kappa shape index (κ3) is 3.47. The molecular weight excluding hydrogens is 232 g/mol. The molecule has 1 heteroatoms. The summed E-state index contributed by atoms with van der Waals surface area (Å²) in [6.45, 7) is 5.95. The number of allylic oxidation sites excluding steroid dienone is 1. The van der Waals surface area contributed by atoms with Gasteiger partial charge in [0.1, 0.15) is 5.75 Å². The molecule has 2 aromatic rings. The number of aromatic hydroxyl groups is 1. The molecule has 0 fully saturated rings. The first-order valence-electron chi connectivity index (χ1n) is 6.67. The molecule has 0 heterocycles. The van der Waals surface area contributed by atoms with E-state index in [-0.39, 0.29) is 0 Å². The smallest absolute Gasteiger partial charge is 0.119 e. The molecule has 2 rings (SSSR count). The quantitative estimate of drug-likeness (QED) is 0.779. The summed E-state index contributed by atoms with van der Waals surface area (Å²) in [5.41, 5.74) is 3.55. The second-order valence-corrected chi connectivity index (χ2v) is 4.97. The van der Waals surface area contributed by atoms with Gasteiger partial charge in [0.2, 0.25) is 0 Å². The van der Waals surface area contributed by atoms with Crippen LogP contribution in [-0.4, -0.2) is 5.11 Å². The molecule has 1 unspecified atom stereocenters. The summed E-state index contributed by atoms with van der Waals surface area (Å²) < 4.78 is 0. The summed E-state index contributed by atoms with van der Waals surface area (Å²) in [6.07, 6.45) is 3.54. The lowest BCUT2D eigenvalue weighted by molar-refractivity contribution is 0.469. The zero-order chi connectivity index (χ0) is 13.7. The highest BCUT2D eigenvalue weighted by Gasteiger charge is 2.09. The van der Waals surface area contributed by atoms with Gasteiger partial charge in [-0.1, -0.05) is 55.5 Å². The van der Waals surface area contributed by atoms with Crippen LogP contribution in [-0.2, 0) is 12.8 Å². The van der Waals surface area contributed by atoms with Gasteiger partial charge in [0.15, 0.2) is 0 Å². The molecule has 0 aliphatic rings. The topological polar surface area (TPSA) is 20.2 Å². The highest BCUT2D eigenvalue weighted by atomic mass is 16.3. The first-order chi connectivity index (χ1) is 9.20. The van der Waals surface area contributed by atoms with Gasteiger partial charge < -0.3 is 5.11 Å². The van der Waals surface area contributed by atoms with Crippen LogP contribution in [0.2, 0.25) is 0 Å². The molecule has 19 heavy (non-hydrogen) atoms. The molecule has 0 aliphatic carbocycles. The number of hydrogen-bond donors (Lipinski definition) is 1. The SMILES string of the molecule is C=CCc1cc(C(C)Cc2ccccc2)ccc1O. The van der Waals surface area contributed by atoms with Crippen LogP contribution in [0.5, 0.6) is 5.75 Å². The molecule has 0 radical (unpaired) electrons. The van der Waals surface area contributed by atoms with E-state index in [1.54, 1.807) is 6.07 Å². The van der Waals surface area contributed by atoms with Crippen LogP contribution in [0, 0.1) is 0 Å². The maximum atomic E-state index is 9.79. The molecule has 0 spiro atoms. The first kappa shape index (κ1) is 13.4. The Morgan fingerprint density at radius 3 is 2.58 bits per heavy atom. The maximum Gasteiger partial charge on any atom is 0.119 e. The fraction of sp³-hybridized carbons (Fsp3) is 0.222. The molecule has 0 bridgehead atoms. The highest BCUT2D eigenvalue weighted by Crippen LogP contribution is 2.26. The molecular formula is C18H20O. The van der Waals surface area contributed by atoms with Crippen LogP contribution >= 0.6 is 0 Å². The fourth-order valence-electron chi connectivity index (χ4n) is 2.32. The minimum absolute atomic E-state index is 0.357. The van der Waals surface area contributed by atoms with Crippen molar-refractivity contribution < 1.29 is 5.11 Å². The Hall–Kier alpha value is -2.02. The van der Waals surface area contributed by atoms with Gasteiger partial charge in [-0.2, -0.15) is 0 Å². The van der Waals surface area contributed by atoms with Gasteiger partial charge in [-0.25, -0.2) is 0 Å². The zero-order valence-electron chi connectivity index (χ0n) is 11.3. The van der Waals surface area contributed by atoms with Gasteiger partial charge in [-0.15, -0.1) is 6.58 Å². The lowest BCUT2D eigenvalue weighted by Crippen LogP contribution is -1.99. The molecule has 1 N–H and O–H groups in total. The Kier molecular flexibility index (Phi) is 4.40. The van der Waals surface area contributed by atoms with Crippen molar-refractivity contribution in [2.24, 2.45) is 0 Å². The minimum Gasteiger partial charge on any atom is -0.508 e. The van der Waals surface area contributed by atoms with Crippen LogP contribution < -0.4 is 0 Å². The second kappa shape index (κ2) is 6.24. The highest BCUT2D eigenvalue weighted by molar-refractivity contribution is 5.39. The van der Waals surface area contributed by atoms with Crippen LogP contribution in [0.25, 0.3) is 0 Å². The lowest BCUT2D eigenvalue weighted by Gasteiger charge is -2.14. The van der Waals surface area contributed by atoms with E-state index in [4.69, 9.17) is 0 Å². The predicted octanol–water partition coefficient (Wildman–Crippen LogP) is 4.47. The average molecular weight is 252 g/mol. The Morgan fingerprint density at radius 2 is 1.89 bits per heavy atom. The molecule has 0 aliphatic heterocycles. The van der Waals surface area contributed by atoms with E-state index in [0.29, 0.717) is 18.1 Å². The van der Waals surface area contributed by atoms with E-state index in [2.05, 4.69) is 43.8 Å². The van der Waals surface area contributed by atoms with Crippen LogP contribution in [0.4, 0.5) is 0 Å². The average Bonchev–Trinajstić information content (AvgIpc) is 2.42. The summed E-state index contributed by atoms with van der Waals surface area (Å²) in [5.74, 6) is 0.794. The zero-order valence-corrected chi connectivity index (χ0v) is 11.3.